The fourth-order valence-electron chi connectivity index (χ4n) is 2.91. The molecule has 1 amide bonds. The normalized spacial score (nSPS) is 30.2. The number of piperazine rings is 1. The summed E-state index contributed by atoms with van der Waals surface area (Å²) in [5.74, 6) is 0.776. The van der Waals surface area contributed by atoms with Crippen molar-refractivity contribution in [2.45, 2.75) is 25.8 Å². The molecule has 102 valence electrons. The van der Waals surface area contributed by atoms with Crippen molar-refractivity contribution in [2.24, 2.45) is 5.92 Å². The van der Waals surface area contributed by atoms with E-state index in [1.54, 1.807) is 0 Å². The van der Waals surface area contributed by atoms with Gasteiger partial charge in [0.15, 0.2) is 0 Å². The Kier molecular flexibility index (Phi) is 4.78. The highest BCUT2D eigenvalue weighted by Crippen LogP contribution is 2.18. The van der Waals surface area contributed by atoms with Crippen LogP contribution in [0.15, 0.2) is 12.7 Å². The number of carbonyl (C=O) groups excluding carboxylic acids is 1. The molecular weight excluding hydrogens is 226 g/mol. The maximum absolute atomic E-state index is 12.5. The van der Waals surface area contributed by atoms with Crippen LogP contribution in [0.3, 0.4) is 0 Å². The minimum Gasteiger partial charge on any atom is -0.339 e. The summed E-state index contributed by atoms with van der Waals surface area (Å²) in [6.45, 7) is 11.5. The van der Waals surface area contributed by atoms with Crippen LogP contribution < -0.4 is 5.32 Å². The molecule has 0 radical (unpaired) electrons. The van der Waals surface area contributed by atoms with Crippen molar-refractivity contribution in [1.82, 2.24) is 15.1 Å². The van der Waals surface area contributed by atoms with Crippen molar-refractivity contribution in [1.29, 1.82) is 0 Å². The fourth-order valence-corrected chi connectivity index (χ4v) is 2.91. The maximum Gasteiger partial charge on any atom is 0.240 e. The first-order valence-electron chi connectivity index (χ1n) is 7.08. The highest BCUT2D eigenvalue weighted by atomic mass is 16.2. The van der Waals surface area contributed by atoms with Gasteiger partial charge in [-0.2, -0.15) is 0 Å². The number of amides is 1. The number of nitrogens with one attached hydrogen (secondary N) is 1. The molecule has 2 aliphatic rings. The van der Waals surface area contributed by atoms with E-state index in [0.717, 1.165) is 39.3 Å². The van der Waals surface area contributed by atoms with Gasteiger partial charge in [0, 0.05) is 32.7 Å². The van der Waals surface area contributed by atoms with Crippen molar-refractivity contribution >= 4 is 5.91 Å². The van der Waals surface area contributed by atoms with Crippen LogP contribution in [0.25, 0.3) is 0 Å². The summed E-state index contributed by atoms with van der Waals surface area (Å²) in [5.41, 5.74) is 0. The fraction of sp³-hybridized carbons (Fsp3) is 0.786. The summed E-state index contributed by atoms with van der Waals surface area (Å²) in [7, 11) is 0. The number of hydrogen-bond donors (Lipinski definition) is 1. The van der Waals surface area contributed by atoms with E-state index in [1.807, 2.05) is 11.0 Å². The molecule has 1 N–H and O–H groups in total. The van der Waals surface area contributed by atoms with Crippen LogP contribution in [0.2, 0.25) is 0 Å². The first-order chi connectivity index (χ1) is 8.72. The van der Waals surface area contributed by atoms with Crippen molar-refractivity contribution in [3.05, 3.63) is 12.7 Å². The third-order valence-corrected chi connectivity index (χ3v) is 4.11. The van der Waals surface area contributed by atoms with Crippen LogP contribution in [0.5, 0.6) is 0 Å². The van der Waals surface area contributed by atoms with Gasteiger partial charge in [0.1, 0.15) is 0 Å². The molecule has 2 aliphatic heterocycles. The topological polar surface area (TPSA) is 35.6 Å². The van der Waals surface area contributed by atoms with Crippen molar-refractivity contribution in [3.63, 3.8) is 0 Å². The summed E-state index contributed by atoms with van der Waals surface area (Å²) >= 11 is 0. The van der Waals surface area contributed by atoms with Gasteiger partial charge in [0.05, 0.1) is 6.04 Å². The Balaban J connectivity index is 1.84. The van der Waals surface area contributed by atoms with Crippen molar-refractivity contribution in [2.75, 3.05) is 39.3 Å². The van der Waals surface area contributed by atoms with Gasteiger partial charge in [0.25, 0.3) is 0 Å². The van der Waals surface area contributed by atoms with E-state index in [2.05, 4.69) is 23.7 Å². The smallest absolute Gasteiger partial charge is 0.240 e. The molecule has 0 aromatic heterocycles. The molecule has 0 bridgehead atoms. The molecule has 18 heavy (non-hydrogen) atoms. The van der Waals surface area contributed by atoms with Crippen molar-refractivity contribution in [3.8, 4) is 0 Å². The molecule has 0 saturated carbocycles. The Bertz CT molecular complexity index is 297. The molecule has 0 aliphatic carbocycles. The largest absolute Gasteiger partial charge is 0.339 e. The summed E-state index contributed by atoms with van der Waals surface area (Å²) in [5, 5.41) is 3.38. The molecule has 0 aromatic rings. The molecule has 4 heteroatoms. The quantitative estimate of drug-likeness (QED) is 0.750. The number of hydrogen-bond acceptors (Lipinski definition) is 3. The SMILES string of the molecule is C=CCN1CCN(C(=O)C2NCCCC2C)CC1. The second-order valence-electron chi connectivity index (χ2n) is 5.47. The zero-order valence-electron chi connectivity index (χ0n) is 11.4. The third-order valence-electron chi connectivity index (χ3n) is 4.11. The van der Waals surface area contributed by atoms with E-state index in [9.17, 15) is 4.79 Å². The molecule has 0 aromatic carbocycles. The Morgan fingerprint density at radius 3 is 2.72 bits per heavy atom. The van der Waals surface area contributed by atoms with E-state index in [1.165, 1.54) is 12.8 Å². The highest BCUT2D eigenvalue weighted by molar-refractivity contribution is 5.82. The van der Waals surface area contributed by atoms with Crippen LogP contribution in [0.4, 0.5) is 0 Å². The predicted octanol–water partition coefficient (Wildman–Crippen LogP) is 0.705. The molecule has 0 spiro atoms. The van der Waals surface area contributed by atoms with Gasteiger partial charge in [0.2, 0.25) is 5.91 Å². The number of nitrogens with zero attached hydrogens (tertiary/aromatic N) is 2. The van der Waals surface area contributed by atoms with E-state index >= 15 is 0 Å². The standard InChI is InChI=1S/C14H25N3O/c1-3-7-16-8-10-17(11-9-16)14(18)13-12(2)5-4-6-15-13/h3,12-13,15H,1,4-11H2,2H3. The minimum atomic E-state index is 0.0460. The number of piperidine rings is 1. The first-order valence-corrected chi connectivity index (χ1v) is 7.08. The lowest BCUT2D eigenvalue weighted by molar-refractivity contribution is -0.137. The minimum absolute atomic E-state index is 0.0460. The third kappa shape index (κ3) is 3.12. The van der Waals surface area contributed by atoms with Crippen LogP contribution in [0.1, 0.15) is 19.8 Å². The second kappa shape index (κ2) is 6.34. The van der Waals surface area contributed by atoms with E-state index in [-0.39, 0.29) is 6.04 Å². The Morgan fingerprint density at radius 2 is 2.11 bits per heavy atom. The van der Waals surface area contributed by atoms with Gasteiger partial charge in [-0.25, -0.2) is 0 Å². The van der Waals surface area contributed by atoms with Crippen LogP contribution in [-0.4, -0.2) is 61.0 Å². The molecule has 2 fully saturated rings. The van der Waals surface area contributed by atoms with Crippen LogP contribution >= 0.6 is 0 Å². The maximum atomic E-state index is 12.5. The Hall–Kier alpha value is -0.870. The number of carbonyl (C=O) groups is 1. The van der Waals surface area contributed by atoms with Crippen molar-refractivity contribution < 1.29 is 4.79 Å². The van der Waals surface area contributed by atoms with Gasteiger partial charge in [-0.3, -0.25) is 9.69 Å². The van der Waals surface area contributed by atoms with E-state index in [4.69, 9.17) is 0 Å². The van der Waals surface area contributed by atoms with Gasteiger partial charge in [-0.15, -0.1) is 6.58 Å². The molecule has 2 saturated heterocycles. The predicted molar refractivity (Wildman–Crippen MR) is 73.4 cm³/mol. The van der Waals surface area contributed by atoms with Gasteiger partial charge < -0.3 is 10.2 Å². The summed E-state index contributed by atoms with van der Waals surface area (Å²) in [6.07, 6.45) is 4.29. The Labute approximate surface area is 110 Å². The van der Waals surface area contributed by atoms with Gasteiger partial charge in [-0.05, 0) is 25.3 Å². The lowest BCUT2D eigenvalue weighted by Crippen LogP contribution is -2.57. The molecule has 2 heterocycles. The summed E-state index contributed by atoms with van der Waals surface area (Å²) in [4.78, 5) is 16.8. The second-order valence-corrected chi connectivity index (χ2v) is 5.47. The van der Waals surface area contributed by atoms with Crippen LogP contribution in [-0.2, 0) is 4.79 Å². The zero-order valence-corrected chi connectivity index (χ0v) is 11.4. The molecular formula is C14H25N3O. The monoisotopic (exact) mass is 251 g/mol. The molecule has 2 unspecified atom stereocenters. The highest BCUT2D eigenvalue weighted by Gasteiger charge is 2.32. The lowest BCUT2D eigenvalue weighted by atomic mass is 9.91. The zero-order chi connectivity index (χ0) is 13.0. The Morgan fingerprint density at radius 1 is 1.39 bits per heavy atom. The van der Waals surface area contributed by atoms with Gasteiger partial charge >= 0.3 is 0 Å². The van der Waals surface area contributed by atoms with Crippen LogP contribution in [0, 0.1) is 5.92 Å². The average molecular weight is 251 g/mol. The summed E-state index contributed by atoms with van der Waals surface area (Å²) < 4.78 is 0. The van der Waals surface area contributed by atoms with E-state index < -0.39 is 0 Å². The molecule has 4 nitrogen and oxygen atoms in total. The molecule has 2 atom stereocenters. The molecule has 2 rings (SSSR count). The van der Waals surface area contributed by atoms with E-state index in [0.29, 0.717) is 11.8 Å². The number of rotatable bonds is 3. The summed E-state index contributed by atoms with van der Waals surface area (Å²) in [6, 6.07) is 0.0460. The van der Waals surface area contributed by atoms with Gasteiger partial charge in [-0.1, -0.05) is 13.0 Å². The first kappa shape index (κ1) is 13.6. The average Bonchev–Trinajstić information content (AvgIpc) is 2.40. The lowest BCUT2D eigenvalue weighted by Gasteiger charge is -2.38.